The zero-order valence-electron chi connectivity index (χ0n) is 5.51. The smallest absolute Gasteiger partial charge is 0.0834 e. The Labute approximate surface area is 55.5 Å². The van der Waals surface area contributed by atoms with Gasteiger partial charge in [0.25, 0.3) is 0 Å². The summed E-state index contributed by atoms with van der Waals surface area (Å²) in [5, 5.41) is 0. The van der Waals surface area contributed by atoms with Gasteiger partial charge in [0.2, 0.25) is 0 Å². The molecule has 0 aliphatic carbocycles. The van der Waals surface area contributed by atoms with Crippen molar-refractivity contribution in [1.82, 2.24) is 0 Å². The molecule has 0 radical (unpaired) electrons. The maximum Gasteiger partial charge on any atom is 0.0834 e. The van der Waals surface area contributed by atoms with Crippen molar-refractivity contribution in [2.75, 3.05) is 19.8 Å². The summed E-state index contributed by atoms with van der Waals surface area (Å²) in [6.07, 6.45) is 3.12. The van der Waals surface area contributed by atoms with Crippen LogP contribution in [0.2, 0.25) is 0 Å². The van der Waals surface area contributed by atoms with Crippen molar-refractivity contribution in [1.29, 1.82) is 0 Å². The van der Waals surface area contributed by atoms with E-state index in [2.05, 4.69) is 6.58 Å². The summed E-state index contributed by atoms with van der Waals surface area (Å²) in [7, 11) is 0. The van der Waals surface area contributed by atoms with E-state index in [1.807, 2.05) is 0 Å². The highest BCUT2D eigenvalue weighted by Gasteiger charge is 2.14. The first-order valence-electron chi connectivity index (χ1n) is 3.23. The molecule has 1 atom stereocenters. The summed E-state index contributed by atoms with van der Waals surface area (Å²) in [6, 6.07) is 0. The molecule has 0 aromatic carbocycles. The van der Waals surface area contributed by atoms with Crippen LogP contribution in [0.3, 0.4) is 0 Å². The first kappa shape index (κ1) is 6.78. The molecule has 0 spiro atoms. The first-order valence-corrected chi connectivity index (χ1v) is 3.23. The normalized spacial score (nSPS) is 26.4. The zero-order chi connectivity index (χ0) is 6.53. The maximum absolute atomic E-state index is 5.31. The van der Waals surface area contributed by atoms with E-state index < -0.39 is 0 Å². The fraction of sp³-hybridized carbons (Fsp3) is 0.714. The lowest BCUT2D eigenvalue weighted by atomic mass is 10.3. The molecule has 2 heteroatoms. The Morgan fingerprint density at radius 2 is 2.67 bits per heavy atom. The second kappa shape index (κ2) is 3.64. The van der Waals surface area contributed by atoms with Crippen LogP contribution < -0.4 is 0 Å². The quantitative estimate of drug-likeness (QED) is 0.527. The predicted octanol–water partition coefficient (Wildman–Crippen LogP) is 0.978. The van der Waals surface area contributed by atoms with E-state index >= 15 is 0 Å². The molecule has 0 unspecified atom stereocenters. The van der Waals surface area contributed by atoms with Crippen LogP contribution in [0.25, 0.3) is 0 Å². The van der Waals surface area contributed by atoms with Crippen molar-refractivity contribution < 1.29 is 9.47 Å². The second-order valence-electron chi connectivity index (χ2n) is 2.11. The molecule has 52 valence electrons. The van der Waals surface area contributed by atoms with Gasteiger partial charge in [-0.25, -0.2) is 0 Å². The molecule has 1 saturated heterocycles. The van der Waals surface area contributed by atoms with Crippen LogP contribution in [-0.2, 0) is 9.47 Å². The highest BCUT2D eigenvalue weighted by atomic mass is 16.5. The molecule has 1 rings (SSSR count). The summed E-state index contributed by atoms with van der Waals surface area (Å²) in [5.41, 5.74) is 0. The first-order chi connectivity index (χ1) is 4.43. The molecular weight excluding hydrogens is 116 g/mol. The lowest BCUT2D eigenvalue weighted by molar-refractivity contribution is 0.0603. The van der Waals surface area contributed by atoms with E-state index in [1.165, 1.54) is 0 Å². The molecular formula is C7H12O2. The van der Waals surface area contributed by atoms with E-state index in [9.17, 15) is 0 Å². The van der Waals surface area contributed by atoms with Crippen molar-refractivity contribution in [2.24, 2.45) is 0 Å². The second-order valence-corrected chi connectivity index (χ2v) is 2.11. The van der Waals surface area contributed by atoms with Crippen LogP contribution in [0.5, 0.6) is 0 Å². The third-order valence-electron chi connectivity index (χ3n) is 1.34. The topological polar surface area (TPSA) is 18.5 Å². The zero-order valence-corrected chi connectivity index (χ0v) is 5.51. The summed E-state index contributed by atoms with van der Waals surface area (Å²) < 4.78 is 10.4. The summed E-state index contributed by atoms with van der Waals surface area (Å²) in [6.45, 7) is 5.81. The number of ether oxygens (including phenoxy) is 2. The summed E-state index contributed by atoms with van der Waals surface area (Å²) >= 11 is 0. The lowest BCUT2D eigenvalue weighted by Gasteiger charge is -2.05. The van der Waals surface area contributed by atoms with E-state index in [1.54, 1.807) is 6.08 Å². The van der Waals surface area contributed by atoms with E-state index in [0.29, 0.717) is 12.7 Å². The lowest BCUT2D eigenvalue weighted by Crippen LogP contribution is -2.11. The van der Waals surface area contributed by atoms with Gasteiger partial charge in [-0.1, -0.05) is 6.08 Å². The molecule has 0 amide bonds. The van der Waals surface area contributed by atoms with Crippen molar-refractivity contribution in [3.8, 4) is 0 Å². The van der Waals surface area contributed by atoms with Crippen LogP contribution in [0.4, 0.5) is 0 Å². The third kappa shape index (κ3) is 2.16. The maximum atomic E-state index is 5.31. The Morgan fingerprint density at radius 3 is 3.22 bits per heavy atom. The van der Waals surface area contributed by atoms with Crippen molar-refractivity contribution in [3.63, 3.8) is 0 Å². The van der Waals surface area contributed by atoms with Gasteiger partial charge in [-0.05, 0) is 6.42 Å². The van der Waals surface area contributed by atoms with Crippen molar-refractivity contribution in [2.45, 2.75) is 12.5 Å². The summed E-state index contributed by atoms with van der Waals surface area (Å²) in [4.78, 5) is 0. The average Bonchev–Trinajstić information content (AvgIpc) is 2.34. The minimum Gasteiger partial charge on any atom is -0.379 e. The fourth-order valence-electron chi connectivity index (χ4n) is 0.848. The van der Waals surface area contributed by atoms with E-state index in [-0.39, 0.29) is 0 Å². The molecule has 0 saturated carbocycles. The highest BCUT2D eigenvalue weighted by Crippen LogP contribution is 2.07. The van der Waals surface area contributed by atoms with Gasteiger partial charge in [-0.15, -0.1) is 6.58 Å². The molecule has 0 aromatic heterocycles. The molecule has 1 heterocycles. The Morgan fingerprint density at radius 1 is 1.78 bits per heavy atom. The molecule has 0 bridgehead atoms. The number of hydrogen-bond acceptors (Lipinski definition) is 2. The Kier molecular flexibility index (Phi) is 2.74. The Balaban J connectivity index is 2.04. The van der Waals surface area contributed by atoms with Gasteiger partial charge in [0.15, 0.2) is 0 Å². The van der Waals surface area contributed by atoms with Crippen LogP contribution in [0.1, 0.15) is 6.42 Å². The number of hydrogen-bond donors (Lipinski definition) is 0. The van der Waals surface area contributed by atoms with Gasteiger partial charge in [0, 0.05) is 6.61 Å². The van der Waals surface area contributed by atoms with E-state index in [4.69, 9.17) is 9.47 Å². The monoisotopic (exact) mass is 128 g/mol. The van der Waals surface area contributed by atoms with Gasteiger partial charge in [-0.2, -0.15) is 0 Å². The van der Waals surface area contributed by atoms with Gasteiger partial charge >= 0.3 is 0 Å². The van der Waals surface area contributed by atoms with Gasteiger partial charge in [-0.3, -0.25) is 0 Å². The van der Waals surface area contributed by atoms with Crippen molar-refractivity contribution in [3.05, 3.63) is 12.7 Å². The van der Waals surface area contributed by atoms with Gasteiger partial charge in [0.05, 0.1) is 19.3 Å². The molecule has 2 nitrogen and oxygen atoms in total. The number of rotatable bonds is 3. The predicted molar refractivity (Wildman–Crippen MR) is 35.4 cm³/mol. The minimum absolute atomic E-state index is 0.322. The Hall–Kier alpha value is -0.340. The summed E-state index contributed by atoms with van der Waals surface area (Å²) in [5.74, 6) is 0. The van der Waals surface area contributed by atoms with Crippen LogP contribution in [0, 0.1) is 0 Å². The van der Waals surface area contributed by atoms with Gasteiger partial charge in [0.1, 0.15) is 0 Å². The standard InChI is InChI=1S/C7H12O2/c1-2-4-9-7-3-5-8-6-7/h2,7H,1,3-6H2/t7-/m1/s1. The average molecular weight is 128 g/mol. The van der Waals surface area contributed by atoms with Crippen LogP contribution in [-0.4, -0.2) is 25.9 Å². The molecule has 0 N–H and O–H groups in total. The fourth-order valence-corrected chi connectivity index (χ4v) is 0.848. The molecule has 0 aromatic rings. The van der Waals surface area contributed by atoms with Crippen LogP contribution >= 0.6 is 0 Å². The van der Waals surface area contributed by atoms with E-state index in [0.717, 1.165) is 19.6 Å². The van der Waals surface area contributed by atoms with Gasteiger partial charge < -0.3 is 9.47 Å². The minimum atomic E-state index is 0.322. The SMILES string of the molecule is C=CCO[C@@H]1CCOC1. The molecule has 1 aliphatic heterocycles. The highest BCUT2D eigenvalue weighted by molar-refractivity contribution is 4.69. The third-order valence-corrected chi connectivity index (χ3v) is 1.34. The molecule has 1 fully saturated rings. The van der Waals surface area contributed by atoms with Crippen LogP contribution in [0.15, 0.2) is 12.7 Å². The largest absolute Gasteiger partial charge is 0.379 e. The molecule has 9 heavy (non-hydrogen) atoms. The van der Waals surface area contributed by atoms with Crippen molar-refractivity contribution >= 4 is 0 Å². The molecule has 1 aliphatic rings. The Bertz CT molecular complexity index is 84.9.